The highest BCUT2D eigenvalue weighted by molar-refractivity contribution is 6.16. The number of fused-ring (bicyclic) bond motifs is 1. The Hall–Kier alpha value is -4.58. The topological polar surface area (TPSA) is 106 Å². The van der Waals surface area contributed by atoms with Crippen molar-refractivity contribution in [3.63, 3.8) is 0 Å². The quantitative estimate of drug-likeness (QED) is 0.392. The molecule has 0 radical (unpaired) electrons. The van der Waals surface area contributed by atoms with Crippen LogP contribution in [0.4, 0.5) is 25.0 Å². The highest BCUT2D eigenvalue weighted by atomic mass is 19.4. The lowest BCUT2D eigenvalue weighted by Gasteiger charge is -2.29. The van der Waals surface area contributed by atoms with Gasteiger partial charge in [-0.2, -0.15) is 13.2 Å². The van der Waals surface area contributed by atoms with Crippen molar-refractivity contribution in [2.75, 3.05) is 36.5 Å². The number of anilines is 2. The van der Waals surface area contributed by atoms with Crippen LogP contribution in [0.5, 0.6) is 0 Å². The minimum absolute atomic E-state index is 0.0400. The largest absolute Gasteiger partial charge is 0.433 e. The zero-order valence-electron chi connectivity index (χ0n) is 21.1. The zero-order chi connectivity index (χ0) is 27.7. The first-order valence-corrected chi connectivity index (χ1v) is 12.6. The van der Waals surface area contributed by atoms with Gasteiger partial charge in [-0.1, -0.05) is 59.7 Å². The zero-order valence-corrected chi connectivity index (χ0v) is 21.1. The average Bonchev–Trinajstić information content (AvgIpc) is 3.38. The summed E-state index contributed by atoms with van der Waals surface area (Å²) >= 11 is 0. The summed E-state index contributed by atoms with van der Waals surface area (Å²) in [6, 6.07) is 19.1. The van der Waals surface area contributed by atoms with Gasteiger partial charge in [-0.3, -0.25) is 9.79 Å². The van der Waals surface area contributed by atoms with Crippen LogP contribution >= 0.6 is 0 Å². The van der Waals surface area contributed by atoms with Crippen LogP contribution in [0.25, 0.3) is 11.5 Å². The molecule has 4 heterocycles. The van der Waals surface area contributed by atoms with E-state index in [0.29, 0.717) is 32.0 Å². The Bertz CT molecular complexity index is 1570. The van der Waals surface area contributed by atoms with Crippen molar-refractivity contribution in [2.45, 2.75) is 18.8 Å². The Labute approximate surface area is 226 Å². The average molecular weight is 549 g/mol. The molecular formula is C28H23F3N6O3. The summed E-state index contributed by atoms with van der Waals surface area (Å²) in [5, 5.41) is 11.0. The van der Waals surface area contributed by atoms with E-state index in [1.165, 1.54) is 6.07 Å². The molecule has 2 aliphatic rings. The second kappa shape index (κ2) is 10.5. The van der Waals surface area contributed by atoms with Gasteiger partial charge in [0.05, 0.1) is 24.5 Å². The van der Waals surface area contributed by atoms with Crippen LogP contribution < -0.4 is 10.2 Å². The Morgan fingerprint density at radius 3 is 2.42 bits per heavy atom. The molecule has 6 rings (SSSR count). The summed E-state index contributed by atoms with van der Waals surface area (Å²) in [6.07, 6.45) is -5.51. The van der Waals surface area contributed by atoms with Crippen molar-refractivity contribution >= 4 is 23.3 Å². The van der Waals surface area contributed by atoms with Crippen LogP contribution in [-0.4, -0.2) is 59.1 Å². The van der Waals surface area contributed by atoms with Crippen LogP contribution in [0.3, 0.4) is 0 Å². The Morgan fingerprint density at radius 1 is 0.900 bits per heavy atom. The molecule has 0 amide bonds. The number of alkyl halides is 3. The second-order valence-corrected chi connectivity index (χ2v) is 9.27. The van der Waals surface area contributed by atoms with Gasteiger partial charge in [-0.05, 0) is 17.7 Å². The van der Waals surface area contributed by atoms with Crippen LogP contribution in [0.2, 0.25) is 0 Å². The summed E-state index contributed by atoms with van der Waals surface area (Å²) in [6.45, 7) is 1.41. The molecule has 1 atom stereocenters. The summed E-state index contributed by atoms with van der Waals surface area (Å²) in [5.41, 5.74) is 2.39. The summed E-state index contributed by atoms with van der Waals surface area (Å²) in [4.78, 5) is 23.5. The number of benzene rings is 2. The van der Waals surface area contributed by atoms with Crippen LogP contribution in [0.1, 0.15) is 22.4 Å². The molecular weight excluding hydrogens is 525 g/mol. The monoisotopic (exact) mass is 548 g/mol. The van der Waals surface area contributed by atoms with E-state index in [1.54, 1.807) is 4.90 Å². The molecule has 12 heteroatoms. The maximum absolute atomic E-state index is 13.4. The van der Waals surface area contributed by atoms with Crippen molar-refractivity contribution in [3.05, 3.63) is 89.1 Å². The number of aliphatic imine (C=N–C) groups is 1. The van der Waals surface area contributed by atoms with Crippen molar-refractivity contribution in [2.24, 2.45) is 4.99 Å². The number of aromatic nitrogens is 3. The van der Waals surface area contributed by atoms with E-state index in [4.69, 9.17) is 14.1 Å². The molecule has 0 spiro atoms. The maximum Gasteiger partial charge on any atom is 0.433 e. The number of hydrogen-bond donors (Lipinski definition) is 1. The van der Waals surface area contributed by atoms with Gasteiger partial charge in [0.15, 0.2) is 11.9 Å². The Balaban J connectivity index is 1.34. The van der Waals surface area contributed by atoms with E-state index in [1.807, 2.05) is 54.6 Å². The van der Waals surface area contributed by atoms with Gasteiger partial charge in [-0.15, -0.1) is 5.10 Å². The molecule has 1 unspecified atom stereocenters. The second-order valence-electron chi connectivity index (χ2n) is 9.27. The first-order valence-electron chi connectivity index (χ1n) is 12.6. The third-order valence-corrected chi connectivity index (χ3v) is 6.64. The third-order valence-electron chi connectivity index (χ3n) is 6.64. The smallest absolute Gasteiger partial charge is 0.403 e. The molecule has 2 aromatic carbocycles. The number of Topliss-reactive ketones (excluding diaryl/α,β-unsaturated/α-hetero) is 1. The van der Waals surface area contributed by atoms with E-state index in [-0.39, 0.29) is 35.5 Å². The fourth-order valence-corrected chi connectivity index (χ4v) is 4.70. The van der Waals surface area contributed by atoms with Gasteiger partial charge in [-0.25, -0.2) is 4.98 Å². The summed E-state index contributed by atoms with van der Waals surface area (Å²) < 4.78 is 51.5. The minimum atomic E-state index is -4.62. The molecule has 40 heavy (non-hydrogen) atoms. The highest BCUT2D eigenvalue weighted by Crippen LogP contribution is 2.35. The Morgan fingerprint density at radius 2 is 1.65 bits per heavy atom. The van der Waals surface area contributed by atoms with E-state index in [2.05, 4.69) is 20.5 Å². The van der Waals surface area contributed by atoms with E-state index in [9.17, 15) is 18.0 Å². The molecule has 0 aliphatic carbocycles. The standard InChI is InChI=1S/C28H23F3N6O3/c29-28(30,31)22-11-10-20(25(32-22)37-12-14-39-15-13-37)26-35-36-27(40-26)34-24-21(38)16-18-8-4-5-9-19(18)23(33-24)17-6-2-1-3-7-17/h1-11,24H,12-16H2,(H,34,36). The molecule has 4 aromatic rings. The van der Waals surface area contributed by atoms with E-state index < -0.39 is 18.0 Å². The fourth-order valence-electron chi connectivity index (χ4n) is 4.70. The minimum Gasteiger partial charge on any atom is -0.403 e. The molecule has 1 fully saturated rings. The van der Waals surface area contributed by atoms with E-state index >= 15 is 0 Å². The predicted octanol–water partition coefficient (Wildman–Crippen LogP) is 4.39. The third kappa shape index (κ3) is 5.17. The van der Waals surface area contributed by atoms with Crippen molar-refractivity contribution in [3.8, 4) is 11.5 Å². The summed E-state index contributed by atoms with van der Waals surface area (Å²) in [7, 11) is 0. The number of carbonyl (C=O) groups is 1. The van der Waals surface area contributed by atoms with Gasteiger partial charge in [0.2, 0.25) is 0 Å². The molecule has 2 aromatic heterocycles. The number of morpholine rings is 1. The number of ketones is 1. The van der Waals surface area contributed by atoms with Gasteiger partial charge in [0, 0.05) is 30.6 Å². The van der Waals surface area contributed by atoms with Crippen LogP contribution in [-0.2, 0) is 22.1 Å². The summed E-state index contributed by atoms with van der Waals surface area (Å²) in [5.74, 6) is -0.177. The number of rotatable bonds is 5. The molecule has 9 nitrogen and oxygen atoms in total. The number of ether oxygens (including phenoxy) is 1. The SMILES string of the molecule is O=C1Cc2ccccc2C(c2ccccc2)=NC1Nc1nnc(-c2ccc(C(F)(F)F)nc2N2CCOCC2)o1. The van der Waals surface area contributed by atoms with Crippen molar-refractivity contribution in [1.29, 1.82) is 0 Å². The number of carbonyl (C=O) groups excluding carboxylic acids is 1. The molecule has 0 saturated carbocycles. The number of nitrogens with one attached hydrogen (secondary N) is 1. The van der Waals surface area contributed by atoms with Crippen LogP contribution in [0, 0.1) is 0 Å². The molecule has 2 aliphatic heterocycles. The predicted molar refractivity (Wildman–Crippen MR) is 140 cm³/mol. The molecule has 204 valence electrons. The van der Waals surface area contributed by atoms with Crippen molar-refractivity contribution < 1.29 is 27.1 Å². The first-order chi connectivity index (χ1) is 19.4. The molecule has 0 bridgehead atoms. The van der Waals surface area contributed by atoms with Gasteiger partial charge in [0.1, 0.15) is 11.5 Å². The van der Waals surface area contributed by atoms with E-state index in [0.717, 1.165) is 22.8 Å². The van der Waals surface area contributed by atoms with Gasteiger partial charge >= 0.3 is 12.2 Å². The molecule has 1 N–H and O–H groups in total. The fraction of sp³-hybridized carbons (Fsp3) is 0.250. The lowest BCUT2D eigenvalue weighted by molar-refractivity contribution is -0.141. The lowest BCUT2D eigenvalue weighted by Crippen LogP contribution is -2.37. The number of hydrogen-bond acceptors (Lipinski definition) is 9. The van der Waals surface area contributed by atoms with Crippen molar-refractivity contribution in [1.82, 2.24) is 15.2 Å². The Kier molecular flexibility index (Phi) is 6.76. The lowest BCUT2D eigenvalue weighted by atomic mass is 9.96. The van der Waals surface area contributed by atoms with Crippen LogP contribution in [0.15, 0.2) is 76.1 Å². The molecule has 1 saturated heterocycles. The number of halogens is 3. The van der Waals surface area contributed by atoms with Gasteiger partial charge < -0.3 is 19.4 Å². The number of nitrogens with zero attached hydrogens (tertiary/aromatic N) is 5. The number of pyridine rings is 1. The maximum atomic E-state index is 13.4. The highest BCUT2D eigenvalue weighted by Gasteiger charge is 2.35. The van der Waals surface area contributed by atoms with Gasteiger partial charge in [0.25, 0.3) is 5.89 Å². The normalized spacial score (nSPS) is 17.7. The first kappa shape index (κ1) is 25.7.